The number of nitrogens with two attached hydrogens (primary N) is 1. The summed E-state index contributed by atoms with van der Waals surface area (Å²) < 4.78 is 37.0. The van der Waals surface area contributed by atoms with Gasteiger partial charge in [0.25, 0.3) is 0 Å². The van der Waals surface area contributed by atoms with Crippen LogP contribution in [0.4, 0.5) is 14.6 Å². The predicted molar refractivity (Wildman–Crippen MR) is 77.4 cm³/mol. The number of anilines is 1. The van der Waals surface area contributed by atoms with E-state index in [1.54, 1.807) is 0 Å². The number of carbonyl (C=O) groups excluding carboxylic acids is 1. The lowest BCUT2D eigenvalue weighted by atomic mass is 10.2. The van der Waals surface area contributed by atoms with Crippen LogP contribution in [0.5, 0.6) is 5.75 Å². The Morgan fingerprint density at radius 3 is 2.50 bits per heavy atom. The van der Waals surface area contributed by atoms with Crippen LogP contribution in [0.25, 0.3) is 11.4 Å². The van der Waals surface area contributed by atoms with E-state index in [4.69, 9.17) is 10.5 Å². The third-order valence-electron chi connectivity index (χ3n) is 2.73. The number of nitrogens with zero attached hydrogens (tertiary/aromatic N) is 2. The summed E-state index contributed by atoms with van der Waals surface area (Å²) in [5.41, 5.74) is 5.14. The molecule has 22 heavy (non-hydrogen) atoms. The highest BCUT2D eigenvalue weighted by Gasteiger charge is 2.22. The maximum Gasteiger partial charge on any atom is 0.360 e. The third kappa shape index (κ3) is 2.84. The molecule has 1 aromatic heterocycles. The molecule has 6 nitrogen and oxygen atoms in total. The number of hydrogen-bond donors (Lipinski definition) is 1. The summed E-state index contributed by atoms with van der Waals surface area (Å²) in [6.07, 6.45) is 0. The second-order valence-corrected chi connectivity index (χ2v) is 4.91. The molecule has 1 heterocycles. The fraction of sp³-hybridized carbons (Fsp3) is 0.154. The zero-order valence-corrected chi connectivity index (χ0v) is 13.1. The first kappa shape index (κ1) is 16.1. The molecular formula is C13H10BrF2N3O3. The first-order chi connectivity index (χ1) is 10.4. The number of esters is 1. The van der Waals surface area contributed by atoms with Crippen LogP contribution in [-0.2, 0) is 4.74 Å². The van der Waals surface area contributed by atoms with Gasteiger partial charge in [0.05, 0.1) is 24.3 Å². The predicted octanol–water partition coefficient (Wildman–Crippen LogP) is 2.56. The molecule has 1 aromatic carbocycles. The van der Waals surface area contributed by atoms with Crippen LogP contribution in [-0.4, -0.2) is 30.2 Å². The lowest BCUT2D eigenvalue weighted by molar-refractivity contribution is 0.0590. The monoisotopic (exact) mass is 373 g/mol. The minimum Gasteiger partial charge on any atom is -0.491 e. The van der Waals surface area contributed by atoms with Crippen molar-refractivity contribution in [2.45, 2.75) is 0 Å². The van der Waals surface area contributed by atoms with E-state index in [-0.39, 0.29) is 33.1 Å². The molecule has 0 fully saturated rings. The molecule has 2 N–H and O–H groups in total. The van der Waals surface area contributed by atoms with Crippen molar-refractivity contribution in [1.82, 2.24) is 9.97 Å². The van der Waals surface area contributed by atoms with Crippen molar-refractivity contribution in [1.29, 1.82) is 0 Å². The molecule has 0 atom stereocenters. The molecule has 0 spiro atoms. The second-order valence-electron chi connectivity index (χ2n) is 4.05. The zero-order valence-electron chi connectivity index (χ0n) is 11.5. The smallest absolute Gasteiger partial charge is 0.360 e. The minimum atomic E-state index is -0.842. The maximum absolute atomic E-state index is 14.0. The van der Waals surface area contributed by atoms with Crippen LogP contribution in [0.3, 0.4) is 0 Å². The van der Waals surface area contributed by atoms with Gasteiger partial charge in [0.2, 0.25) is 0 Å². The summed E-state index contributed by atoms with van der Waals surface area (Å²) in [5, 5.41) is 0. The number of ether oxygens (including phenoxy) is 2. The summed E-state index contributed by atoms with van der Waals surface area (Å²) in [6, 6.07) is 1.81. The number of rotatable bonds is 3. The summed E-state index contributed by atoms with van der Waals surface area (Å²) in [6.45, 7) is 0. The van der Waals surface area contributed by atoms with Gasteiger partial charge in [0.15, 0.2) is 23.1 Å². The number of benzene rings is 1. The van der Waals surface area contributed by atoms with Gasteiger partial charge >= 0.3 is 5.97 Å². The van der Waals surface area contributed by atoms with Crippen molar-refractivity contribution in [3.63, 3.8) is 0 Å². The van der Waals surface area contributed by atoms with Crippen LogP contribution >= 0.6 is 15.9 Å². The van der Waals surface area contributed by atoms with Crippen LogP contribution < -0.4 is 10.5 Å². The van der Waals surface area contributed by atoms with E-state index in [0.29, 0.717) is 0 Å². The van der Waals surface area contributed by atoms with Gasteiger partial charge in [-0.05, 0) is 28.1 Å². The number of aromatic nitrogens is 2. The SMILES string of the molecule is COC(=O)c1nc(-c2cc(F)c(Br)cc2F)nc(N)c1OC. The fourth-order valence-electron chi connectivity index (χ4n) is 1.72. The number of halogens is 3. The summed E-state index contributed by atoms with van der Waals surface area (Å²) >= 11 is 2.86. The molecule has 0 amide bonds. The van der Waals surface area contributed by atoms with E-state index in [2.05, 4.69) is 30.6 Å². The Morgan fingerprint density at radius 2 is 1.91 bits per heavy atom. The minimum absolute atomic E-state index is 0.0524. The van der Waals surface area contributed by atoms with E-state index < -0.39 is 17.6 Å². The second kappa shape index (κ2) is 6.22. The van der Waals surface area contributed by atoms with Crippen LogP contribution in [0.15, 0.2) is 16.6 Å². The van der Waals surface area contributed by atoms with E-state index >= 15 is 0 Å². The van der Waals surface area contributed by atoms with Crippen molar-refractivity contribution in [2.24, 2.45) is 0 Å². The van der Waals surface area contributed by atoms with Gasteiger partial charge in [-0.15, -0.1) is 0 Å². The van der Waals surface area contributed by atoms with E-state index in [1.807, 2.05) is 0 Å². The van der Waals surface area contributed by atoms with Crippen LogP contribution in [0, 0.1) is 11.6 Å². The van der Waals surface area contributed by atoms with Gasteiger partial charge in [0.1, 0.15) is 11.6 Å². The molecule has 0 saturated heterocycles. The number of hydrogen-bond acceptors (Lipinski definition) is 6. The van der Waals surface area contributed by atoms with Crippen molar-refractivity contribution in [3.8, 4) is 17.1 Å². The van der Waals surface area contributed by atoms with E-state index in [1.165, 1.54) is 7.11 Å². The Kier molecular flexibility index (Phi) is 4.55. The molecule has 0 bridgehead atoms. The zero-order chi connectivity index (χ0) is 16.4. The Morgan fingerprint density at radius 1 is 1.23 bits per heavy atom. The largest absolute Gasteiger partial charge is 0.491 e. The molecule has 116 valence electrons. The quantitative estimate of drug-likeness (QED) is 0.657. The van der Waals surface area contributed by atoms with Gasteiger partial charge < -0.3 is 15.2 Å². The average Bonchev–Trinajstić information content (AvgIpc) is 2.49. The highest BCUT2D eigenvalue weighted by atomic mass is 79.9. The Labute approximate surface area is 132 Å². The summed E-state index contributed by atoms with van der Waals surface area (Å²) in [7, 11) is 2.40. The number of carbonyl (C=O) groups is 1. The molecule has 2 aromatic rings. The highest BCUT2D eigenvalue weighted by Crippen LogP contribution is 2.30. The first-order valence-electron chi connectivity index (χ1n) is 5.83. The summed E-state index contributed by atoms with van der Waals surface area (Å²) in [4.78, 5) is 19.4. The standard InChI is InChI=1S/C13H10BrF2N3O3/c1-21-10-9(13(20)22-2)18-12(19-11(10)17)5-3-8(16)6(14)4-7(5)15/h3-4H,1-2H3,(H2,17,18,19). The first-order valence-corrected chi connectivity index (χ1v) is 6.63. The normalized spacial score (nSPS) is 10.4. The van der Waals surface area contributed by atoms with Gasteiger partial charge in [-0.25, -0.2) is 23.5 Å². The van der Waals surface area contributed by atoms with Crippen molar-refractivity contribution in [2.75, 3.05) is 20.0 Å². The molecule has 0 aliphatic heterocycles. The number of nitrogen functional groups attached to an aromatic ring is 1. The molecule has 2 rings (SSSR count). The lowest BCUT2D eigenvalue weighted by Crippen LogP contribution is -2.12. The topological polar surface area (TPSA) is 87.3 Å². The Balaban J connectivity index is 2.70. The molecular weight excluding hydrogens is 364 g/mol. The molecule has 0 unspecified atom stereocenters. The Bertz CT molecular complexity index is 756. The Hall–Kier alpha value is -2.29. The third-order valence-corrected chi connectivity index (χ3v) is 3.33. The van der Waals surface area contributed by atoms with Gasteiger partial charge in [-0.3, -0.25) is 0 Å². The molecule has 0 aliphatic rings. The number of methoxy groups -OCH3 is 2. The molecule has 9 heteroatoms. The fourth-order valence-corrected chi connectivity index (χ4v) is 2.03. The molecule has 0 saturated carbocycles. The molecule has 0 aliphatic carbocycles. The lowest BCUT2D eigenvalue weighted by Gasteiger charge is -2.11. The van der Waals surface area contributed by atoms with E-state index in [9.17, 15) is 13.6 Å². The average molecular weight is 374 g/mol. The maximum atomic E-state index is 14.0. The van der Waals surface area contributed by atoms with Crippen LogP contribution in [0.1, 0.15) is 10.5 Å². The van der Waals surface area contributed by atoms with Crippen molar-refractivity contribution < 1.29 is 23.0 Å². The molecule has 0 radical (unpaired) electrons. The van der Waals surface area contributed by atoms with Crippen molar-refractivity contribution >= 4 is 27.7 Å². The van der Waals surface area contributed by atoms with Crippen LogP contribution in [0.2, 0.25) is 0 Å². The van der Waals surface area contributed by atoms with Gasteiger partial charge in [-0.1, -0.05) is 0 Å². The van der Waals surface area contributed by atoms with Crippen molar-refractivity contribution in [3.05, 3.63) is 33.9 Å². The highest BCUT2D eigenvalue weighted by molar-refractivity contribution is 9.10. The van der Waals surface area contributed by atoms with Gasteiger partial charge in [0, 0.05) is 0 Å². The van der Waals surface area contributed by atoms with E-state index in [0.717, 1.165) is 19.2 Å². The summed E-state index contributed by atoms with van der Waals surface area (Å²) in [5.74, 6) is -2.90. The van der Waals surface area contributed by atoms with Gasteiger partial charge in [-0.2, -0.15) is 0 Å².